The van der Waals surface area contributed by atoms with Gasteiger partial charge in [-0.1, -0.05) is 0 Å². The number of nitrogens with zero attached hydrogens (tertiary/aromatic N) is 2. The first-order valence-electron chi connectivity index (χ1n) is 7.96. The van der Waals surface area contributed by atoms with Crippen molar-refractivity contribution in [1.82, 2.24) is 9.80 Å². The molecular weight excluding hydrogens is 268 g/mol. The summed E-state index contributed by atoms with van der Waals surface area (Å²) in [6, 6.07) is 3.91. The summed E-state index contributed by atoms with van der Waals surface area (Å²) < 4.78 is 10.7. The summed E-state index contributed by atoms with van der Waals surface area (Å²) >= 11 is 0. The third-order valence-corrected chi connectivity index (χ3v) is 5.16. The third-order valence-electron chi connectivity index (χ3n) is 5.16. The molecule has 1 aromatic rings. The standard InChI is InChI=1S/C16H22N2O3/c19-16(15-2-1-6-21-15)18-5-3-13-9-17(10-14(13)18)8-12-4-7-20-11-12/h1-2,6,12-14H,3-5,7-11H2/t12?,13-,14+/m0/s1. The highest BCUT2D eigenvalue weighted by Gasteiger charge is 2.44. The lowest BCUT2D eigenvalue weighted by Crippen LogP contribution is -2.40. The number of carbonyl (C=O) groups is 1. The number of furan rings is 1. The van der Waals surface area contributed by atoms with Gasteiger partial charge in [-0.05, 0) is 36.8 Å². The van der Waals surface area contributed by atoms with Crippen molar-refractivity contribution in [1.29, 1.82) is 0 Å². The molecule has 3 saturated heterocycles. The molecule has 3 aliphatic rings. The smallest absolute Gasteiger partial charge is 0.289 e. The normalized spacial score (nSPS) is 32.8. The van der Waals surface area contributed by atoms with Crippen LogP contribution in [0.1, 0.15) is 23.4 Å². The number of ether oxygens (including phenoxy) is 1. The zero-order valence-electron chi connectivity index (χ0n) is 12.2. The van der Waals surface area contributed by atoms with E-state index in [4.69, 9.17) is 9.15 Å². The minimum atomic E-state index is 0.0542. The summed E-state index contributed by atoms with van der Waals surface area (Å²) in [6.07, 6.45) is 3.87. The molecule has 114 valence electrons. The zero-order chi connectivity index (χ0) is 14.2. The second-order valence-electron chi connectivity index (χ2n) is 6.54. The van der Waals surface area contributed by atoms with E-state index in [2.05, 4.69) is 4.90 Å². The molecule has 1 amide bonds. The van der Waals surface area contributed by atoms with Crippen LogP contribution in [0, 0.1) is 11.8 Å². The van der Waals surface area contributed by atoms with E-state index in [0.29, 0.717) is 23.6 Å². The maximum Gasteiger partial charge on any atom is 0.289 e. The van der Waals surface area contributed by atoms with Crippen LogP contribution in [-0.4, -0.2) is 61.1 Å². The average molecular weight is 290 g/mol. The summed E-state index contributed by atoms with van der Waals surface area (Å²) in [4.78, 5) is 17.0. The third kappa shape index (κ3) is 2.49. The number of fused-ring (bicyclic) bond motifs is 1. The van der Waals surface area contributed by atoms with Crippen LogP contribution in [0.25, 0.3) is 0 Å². The molecule has 0 radical (unpaired) electrons. The molecule has 0 saturated carbocycles. The number of carbonyl (C=O) groups excluding carboxylic acids is 1. The summed E-state index contributed by atoms with van der Waals surface area (Å²) in [6.45, 7) is 5.94. The van der Waals surface area contributed by atoms with E-state index < -0.39 is 0 Å². The van der Waals surface area contributed by atoms with Gasteiger partial charge in [-0.3, -0.25) is 4.79 Å². The number of hydrogen-bond acceptors (Lipinski definition) is 4. The maximum atomic E-state index is 12.5. The highest BCUT2D eigenvalue weighted by atomic mass is 16.5. The van der Waals surface area contributed by atoms with Crippen LogP contribution in [0.2, 0.25) is 0 Å². The van der Waals surface area contributed by atoms with E-state index in [9.17, 15) is 4.79 Å². The van der Waals surface area contributed by atoms with Crippen molar-refractivity contribution in [2.24, 2.45) is 11.8 Å². The van der Waals surface area contributed by atoms with Crippen LogP contribution >= 0.6 is 0 Å². The van der Waals surface area contributed by atoms with Gasteiger partial charge in [-0.2, -0.15) is 0 Å². The van der Waals surface area contributed by atoms with E-state index in [1.165, 1.54) is 6.42 Å². The molecule has 4 heterocycles. The molecule has 3 atom stereocenters. The van der Waals surface area contributed by atoms with Gasteiger partial charge < -0.3 is 19.0 Å². The summed E-state index contributed by atoms with van der Waals surface area (Å²) in [5.74, 6) is 1.83. The fourth-order valence-electron chi connectivity index (χ4n) is 4.08. The Morgan fingerprint density at radius 1 is 1.33 bits per heavy atom. The Balaban J connectivity index is 1.40. The van der Waals surface area contributed by atoms with Crippen molar-refractivity contribution >= 4 is 5.91 Å². The van der Waals surface area contributed by atoms with Crippen LogP contribution in [0.15, 0.2) is 22.8 Å². The summed E-state index contributed by atoms with van der Waals surface area (Å²) in [5, 5.41) is 0. The predicted octanol–water partition coefficient (Wildman–Crippen LogP) is 1.46. The molecule has 3 fully saturated rings. The molecule has 0 spiro atoms. The van der Waals surface area contributed by atoms with Crippen LogP contribution in [0.5, 0.6) is 0 Å². The van der Waals surface area contributed by atoms with Crippen molar-refractivity contribution in [3.05, 3.63) is 24.2 Å². The Morgan fingerprint density at radius 2 is 2.29 bits per heavy atom. The van der Waals surface area contributed by atoms with Gasteiger partial charge in [0.2, 0.25) is 0 Å². The van der Waals surface area contributed by atoms with Gasteiger partial charge >= 0.3 is 0 Å². The second kappa shape index (κ2) is 5.46. The number of hydrogen-bond donors (Lipinski definition) is 0. The molecule has 3 aliphatic heterocycles. The average Bonchev–Trinajstić information content (AvgIpc) is 3.24. The molecule has 0 bridgehead atoms. The van der Waals surface area contributed by atoms with Gasteiger partial charge in [0.15, 0.2) is 5.76 Å². The molecule has 1 unspecified atom stereocenters. The first kappa shape index (κ1) is 13.3. The summed E-state index contributed by atoms with van der Waals surface area (Å²) in [5.41, 5.74) is 0. The van der Waals surface area contributed by atoms with Gasteiger partial charge in [-0.25, -0.2) is 0 Å². The van der Waals surface area contributed by atoms with Crippen LogP contribution < -0.4 is 0 Å². The van der Waals surface area contributed by atoms with Gasteiger partial charge in [0.05, 0.1) is 12.9 Å². The quantitative estimate of drug-likeness (QED) is 0.845. The lowest BCUT2D eigenvalue weighted by molar-refractivity contribution is 0.0692. The van der Waals surface area contributed by atoms with Crippen molar-refractivity contribution in [3.8, 4) is 0 Å². The Morgan fingerprint density at radius 3 is 3.05 bits per heavy atom. The largest absolute Gasteiger partial charge is 0.459 e. The van der Waals surface area contributed by atoms with Gasteiger partial charge in [0.25, 0.3) is 5.91 Å². The second-order valence-corrected chi connectivity index (χ2v) is 6.54. The first-order valence-corrected chi connectivity index (χ1v) is 7.96. The number of rotatable bonds is 3. The van der Waals surface area contributed by atoms with E-state index >= 15 is 0 Å². The Kier molecular flexibility index (Phi) is 3.47. The molecule has 1 aromatic heterocycles. The van der Waals surface area contributed by atoms with Crippen LogP contribution in [0.3, 0.4) is 0 Å². The van der Waals surface area contributed by atoms with Crippen molar-refractivity contribution in [2.75, 3.05) is 39.4 Å². The van der Waals surface area contributed by atoms with Gasteiger partial charge in [-0.15, -0.1) is 0 Å². The van der Waals surface area contributed by atoms with E-state index in [-0.39, 0.29) is 5.91 Å². The molecule has 4 rings (SSSR count). The first-order chi connectivity index (χ1) is 10.3. The molecule has 5 heteroatoms. The Hall–Kier alpha value is -1.33. The van der Waals surface area contributed by atoms with Crippen LogP contribution in [-0.2, 0) is 4.74 Å². The summed E-state index contributed by atoms with van der Waals surface area (Å²) in [7, 11) is 0. The van der Waals surface area contributed by atoms with Crippen molar-refractivity contribution in [3.63, 3.8) is 0 Å². The highest BCUT2D eigenvalue weighted by Crippen LogP contribution is 2.33. The SMILES string of the molecule is O=C(c1ccco1)N1CC[C@H]2CN(CC3CCOC3)C[C@H]21. The molecule has 5 nitrogen and oxygen atoms in total. The predicted molar refractivity (Wildman–Crippen MR) is 77.0 cm³/mol. The van der Waals surface area contributed by atoms with E-state index in [1.807, 2.05) is 4.90 Å². The molecule has 0 aliphatic carbocycles. The topological polar surface area (TPSA) is 45.9 Å². The monoisotopic (exact) mass is 290 g/mol. The Labute approximate surface area is 124 Å². The van der Waals surface area contributed by atoms with Gasteiger partial charge in [0.1, 0.15) is 0 Å². The van der Waals surface area contributed by atoms with Gasteiger partial charge in [0, 0.05) is 38.8 Å². The number of amides is 1. The minimum Gasteiger partial charge on any atom is -0.459 e. The molecule has 0 aromatic carbocycles. The van der Waals surface area contributed by atoms with Crippen molar-refractivity contribution in [2.45, 2.75) is 18.9 Å². The Bertz CT molecular complexity index is 496. The van der Waals surface area contributed by atoms with Crippen LogP contribution in [0.4, 0.5) is 0 Å². The minimum absolute atomic E-state index is 0.0542. The molecule has 0 N–H and O–H groups in total. The van der Waals surface area contributed by atoms with E-state index in [0.717, 1.165) is 45.8 Å². The highest BCUT2D eigenvalue weighted by molar-refractivity contribution is 5.92. The lowest BCUT2D eigenvalue weighted by atomic mass is 10.1. The maximum absolute atomic E-state index is 12.5. The fourth-order valence-corrected chi connectivity index (χ4v) is 4.08. The van der Waals surface area contributed by atoms with E-state index in [1.54, 1.807) is 18.4 Å². The fraction of sp³-hybridized carbons (Fsp3) is 0.688. The van der Waals surface area contributed by atoms with Crippen molar-refractivity contribution < 1.29 is 13.9 Å². The zero-order valence-corrected chi connectivity index (χ0v) is 12.2. The number of likely N-dealkylation sites (tertiary alicyclic amines) is 2. The molecule has 21 heavy (non-hydrogen) atoms. The molecular formula is C16H22N2O3. The lowest BCUT2D eigenvalue weighted by Gasteiger charge is -2.25.